The number of rotatable bonds is 1. The fourth-order valence-corrected chi connectivity index (χ4v) is 3.21. The SMILES string of the molecule is Cc1nc(Br)sc1-c1ccc2c(c1)OCO2. The molecule has 0 bridgehead atoms. The van der Waals surface area contributed by atoms with E-state index in [0.717, 1.165) is 31.6 Å². The molecule has 0 radical (unpaired) electrons. The molecule has 0 saturated carbocycles. The Hall–Kier alpha value is -1.07. The van der Waals surface area contributed by atoms with Gasteiger partial charge in [-0.1, -0.05) is 0 Å². The first kappa shape index (κ1) is 10.1. The molecule has 2 aromatic rings. The lowest BCUT2D eigenvalue weighted by atomic mass is 10.1. The lowest BCUT2D eigenvalue weighted by Gasteiger charge is -2.00. The van der Waals surface area contributed by atoms with E-state index in [-0.39, 0.29) is 0 Å². The summed E-state index contributed by atoms with van der Waals surface area (Å²) < 4.78 is 11.5. The van der Waals surface area contributed by atoms with Crippen molar-refractivity contribution in [2.24, 2.45) is 0 Å². The van der Waals surface area contributed by atoms with Crippen LogP contribution in [-0.4, -0.2) is 11.8 Å². The van der Waals surface area contributed by atoms with E-state index in [0.29, 0.717) is 6.79 Å². The molecule has 0 unspecified atom stereocenters. The van der Waals surface area contributed by atoms with E-state index in [1.54, 1.807) is 11.3 Å². The Morgan fingerprint density at radius 2 is 2.12 bits per heavy atom. The minimum Gasteiger partial charge on any atom is -0.454 e. The van der Waals surface area contributed by atoms with Crippen molar-refractivity contribution in [3.05, 3.63) is 27.8 Å². The lowest BCUT2D eigenvalue weighted by Crippen LogP contribution is -1.92. The number of thiazole rings is 1. The van der Waals surface area contributed by atoms with Crippen LogP contribution < -0.4 is 9.47 Å². The number of aromatic nitrogens is 1. The quantitative estimate of drug-likeness (QED) is 0.806. The molecule has 1 aromatic carbocycles. The highest BCUT2D eigenvalue weighted by Gasteiger charge is 2.16. The Balaban J connectivity index is 2.10. The van der Waals surface area contributed by atoms with Crippen molar-refractivity contribution < 1.29 is 9.47 Å². The van der Waals surface area contributed by atoms with Gasteiger partial charge in [-0.15, -0.1) is 11.3 Å². The summed E-state index contributed by atoms with van der Waals surface area (Å²) in [5.74, 6) is 1.62. The maximum atomic E-state index is 5.36. The molecule has 0 amide bonds. The molecule has 5 heteroatoms. The maximum Gasteiger partial charge on any atom is 0.231 e. The Morgan fingerprint density at radius 1 is 1.31 bits per heavy atom. The van der Waals surface area contributed by atoms with E-state index in [4.69, 9.17) is 9.47 Å². The van der Waals surface area contributed by atoms with E-state index in [1.165, 1.54) is 0 Å². The maximum absolute atomic E-state index is 5.36. The van der Waals surface area contributed by atoms with Crippen LogP contribution in [0.2, 0.25) is 0 Å². The molecular formula is C11H8BrNO2S. The summed E-state index contributed by atoms with van der Waals surface area (Å²) in [5.41, 5.74) is 2.14. The Kier molecular flexibility index (Phi) is 2.37. The zero-order valence-electron chi connectivity index (χ0n) is 8.49. The second-order valence-electron chi connectivity index (χ2n) is 3.45. The highest BCUT2D eigenvalue weighted by atomic mass is 79.9. The first-order valence-corrected chi connectivity index (χ1v) is 6.38. The average Bonchev–Trinajstić information content (AvgIpc) is 2.83. The minimum atomic E-state index is 0.310. The van der Waals surface area contributed by atoms with Gasteiger partial charge in [0.1, 0.15) is 0 Å². The topological polar surface area (TPSA) is 31.4 Å². The third kappa shape index (κ3) is 1.60. The van der Waals surface area contributed by atoms with Crippen molar-refractivity contribution in [2.45, 2.75) is 6.92 Å². The molecule has 0 saturated heterocycles. The van der Waals surface area contributed by atoms with Gasteiger partial charge in [0.05, 0.1) is 10.6 Å². The predicted molar refractivity (Wildman–Crippen MR) is 66.1 cm³/mol. The third-order valence-corrected chi connectivity index (χ3v) is 4.06. The van der Waals surface area contributed by atoms with Crippen LogP contribution in [0, 0.1) is 6.92 Å². The summed E-state index contributed by atoms with van der Waals surface area (Å²) in [4.78, 5) is 5.50. The van der Waals surface area contributed by atoms with Crippen molar-refractivity contribution in [1.82, 2.24) is 4.98 Å². The Morgan fingerprint density at radius 3 is 2.88 bits per heavy atom. The number of hydrogen-bond donors (Lipinski definition) is 0. The van der Waals surface area contributed by atoms with Crippen molar-refractivity contribution in [2.75, 3.05) is 6.79 Å². The van der Waals surface area contributed by atoms with Gasteiger partial charge in [-0.25, -0.2) is 4.98 Å². The van der Waals surface area contributed by atoms with Crippen LogP contribution in [0.4, 0.5) is 0 Å². The first-order valence-electron chi connectivity index (χ1n) is 4.77. The highest BCUT2D eigenvalue weighted by molar-refractivity contribution is 9.11. The first-order chi connectivity index (χ1) is 7.74. The number of aryl methyl sites for hydroxylation is 1. The van der Waals surface area contributed by atoms with Crippen LogP contribution >= 0.6 is 27.3 Å². The van der Waals surface area contributed by atoms with E-state index in [2.05, 4.69) is 20.9 Å². The highest BCUT2D eigenvalue weighted by Crippen LogP contribution is 2.39. The zero-order chi connectivity index (χ0) is 11.1. The van der Waals surface area contributed by atoms with E-state index < -0.39 is 0 Å². The molecule has 1 aliphatic heterocycles. The molecule has 0 N–H and O–H groups in total. The van der Waals surface area contributed by atoms with Gasteiger partial charge in [-0.2, -0.15) is 0 Å². The molecule has 0 aliphatic carbocycles. The second-order valence-corrected chi connectivity index (χ2v) is 5.72. The van der Waals surface area contributed by atoms with E-state index in [9.17, 15) is 0 Å². The number of nitrogens with zero attached hydrogens (tertiary/aromatic N) is 1. The van der Waals surface area contributed by atoms with E-state index >= 15 is 0 Å². The number of hydrogen-bond acceptors (Lipinski definition) is 4. The van der Waals surface area contributed by atoms with Crippen molar-refractivity contribution in [1.29, 1.82) is 0 Å². The smallest absolute Gasteiger partial charge is 0.231 e. The van der Waals surface area contributed by atoms with Crippen LogP contribution in [0.1, 0.15) is 5.69 Å². The molecule has 1 aromatic heterocycles. The molecule has 0 fully saturated rings. The van der Waals surface area contributed by atoms with Gasteiger partial charge in [-0.05, 0) is 46.6 Å². The van der Waals surface area contributed by atoms with Crippen LogP contribution in [0.25, 0.3) is 10.4 Å². The molecule has 3 nitrogen and oxygen atoms in total. The summed E-state index contributed by atoms with van der Waals surface area (Å²) >= 11 is 5.02. The number of fused-ring (bicyclic) bond motifs is 1. The third-order valence-electron chi connectivity index (χ3n) is 2.41. The second kappa shape index (κ2) is 3.75. The molecular weight excluding hydrogens is 290 g/mol. The van der Waals surface area contributed by atoms with Crippen LogP contribution in [0.15, 0.2) is 22.1 Å². The van der Waals surface area contributed by atoms with E-state index in [1.807, 2.05) is 25.1 Å². The largest absolute Gasteiger partial charge is 0.454 e. The fraction of sp³-hybridized carbons (Fsp3) is 0.182. The van der Waals surface area contributed by atoms with Gasteiger partial charge in [-0.3, -0.25) is 0 Å². The normalized spacial score (nSPS) is 13.1. The molecule has 0 atom stereocenters. The van der Waals surface area contributed by atoms with Crippen LogP contribution in [-0.2, 0) is 0 Å². The standard InChI is InChI=1S/C11H8BrNO2S/c1-6-10(16-11(12)13-6)7-2-3-8-9(4-7)15-5-14-8/h2-4H,5H2,1H3. The molecule has 1 aliphatic rings. The van der Waals surface area contributed by atoms with Crippen molar-refractivity contribution in [3.8, 4) is 21.9 Å². The van der Waals surface area contributed by atoms with Gasteiger partial charge < -0.3 is 9.47 Å². The van der Waals surface area contributed by atoms with Crippen LogP contribution in [0.3, 0.4) is 0 Å². The number of halogens is 1. The van der Waals surface area contributed by atoms with Crippen molar-refractivity contribution in [3.63, 3.8) is 0 Å². The number of benzene rings is 1. The monoisotopic (exact) mass is 297 g/mol. The van der Waals surface area contributed by atoms with Gasteiger partial charge in [0, 0.05) is 0 Å². The number of ether oxygens (including phenoxy) is 2. The van der Waals surface area contributed by atoms with Gasteiger partial charge in [0.2, 0.25) is 6.79 Å². The molecule has 2 heterocycles. The summed E-state index contributed by atoms with van der Waals surface area (Å²) in [6, 6.07) is 5.96. The average molecular weight is 298 g/mol. The summed E-state index contributed by atoms with van der Waals surface area (Å²) in [7, 11) is 0. The molecule has 3 rings (SSSR count). The minimum absolute atomic E-state index is 0.310. The summed E-state index contributed by atoms with van der Waals surface area (Å²) in [6.45, 7) is 2.31. The molecule has 0 spiro atoms. The van der Waals surface area contributed by atoms with Crippen LogP contribution in [0.5, 0.6) is 11.5 Å². The summed E-state index contributed by atoms with van der Waals surface area (Å²) in [6.07, 6.45) is 0. The Bertz CT molecular complexity index is 553. The van der Waals surface area contributed by atoms with Gasteiger partial charge in [0.25, 0.3) is 0 Å². The van der Waals surface area contributed by atoms with Gasteiger partial charge >= 0.3 is 0 Å². The van der Waals surface area contributed by atoms with Gasteiger partial charge in [0.15, 0.2) is 15.4 Å². The molecule has 82 valence electrons. The summed E-state index contributed by atoms with van der Waals surface area (Å²) in [5, 5.41) is 0. The Labute approximate surface area is 105 Å². The predicted octanol–water partition coefficient (Wildman–Crippen LogP) is 3.61. The molecule has 16 heavy (non-hydrogen) atoms. The zero-order valence-corrected chi connectivity index (χ0v) is 10.9. The van der Waals surface area contributed by atoms with Crippen molar-refractivity contribution >= 4 is 27.3 Å². The lowest BCUT2D eigenvalue weighted by molar-refractivity contribution is 0.174. The fourth-order valence-electron chi connectivity index (χ4n) is 1.67.